The van der Waals surface area contributed by atoms with Gasteiger partial charge in [0, 0.05) is 10.6 Å². The molecule has 0 spiro atoms. The molecule has 1 N–H and O–H groups in total. The first-order chi connectivity index (χ1) is 15.5. The van der Waals surface area contributed by atoms with Gasteiger partial charge in [0.05, 0.1) is 25.5 Å². The molecule has 0 aliphatic rings. The molecule has 0 heterocycles. The number of esters is 1. The lowest BCUT2D eigenvalue weighted by molar-refractivity contribution is 0.0729. The van der Waals surface area contributed by atoms with Crippen molar-refractivity contribution in [3.05, 3.63) is 88.4 Å². The summed E-state index contributed by atoms with van der Waals surface area (Å²) in [7, 11) is 1.47. The van der Waals surface area contributed by atoms with Gasteiger partial charge < -0.3 is 14.2 Å². The molecule has 0 saturated carbocycles. The average molecular weight is 453 g/mol. The highest BCUT2D eigenvalue weighted by molar-refractivity contribution is 6.30. The van der Waals surface area contributed by atoms with Crippen molar-refractivity contribution < 1.29 is 23.8 Å². The van der Waals surface area contributed by atoms with E-state index < -0.39 is 5.97 Å². The van der Waals surface area contributed by atoms with Crippen LogP contribution in [-0.2, 0) is 0 Å². The van der Waals surface area contributed by atoms with Gasteiger partial charge in [-0.2, -0.15) is 5.10 Å². The molecule has 3 rings (SSSR count). The topological polar surface area (TPSA) is 86.2 Å². The smallest absolute Gasteiger partial charge is 0.343 e. The highest BCUT2D eigenvalue weighted by Gasteiger charge is 2.13. The fraction of sp³-hybridized carbons (Fsp3) is 0.125. The normalized spacial score (nSPS) is 10.6. The van der Waals surface area contributed by atoms with E-state index in [1.807, 2.05) is 6.92 Å². The van der Waals surface area contributed by atoms with Crippen LogP contribution < -0.4 is 19.6 Å². The summed E-state index contributed by atoms with van der Waals surface area (Å²) < 4.78 is 16.2. The van der Waals surface area contributed by atoms with Gasteiger partial charge >= 0.3 is 5.97 Å². The molecule has 3 aromatic rings. The number of carbonyl (C=O) groups is 2. The van der Waals surface area contributed by atoms with Crippen LogP contribution in [0.5, 0.6) is 17.2 Å². The van der Waals surface area contributed by atoms with Gasteiger partial charge in [-0.1, -0.05) is 11.6 Å². The maximum atomic E-state index is 12.4. The molecule has 1 amide bonds. The van der Waals surface area contributed by atoms with Gasteiger partial charge in [0.1, 0.15) is 5.75 Å². The zero-order chi connectivity index (χ0) is 22.9. The van der Waals surface area contributed by atoms with Crippen LogP contribution in [0.3, 0.4) is 0 Å². The van der Waals surface area contributed by atoms with Crippen LogP contribution in [0.1, 0.15) is 33.2 Å². The number of ether oxygens (including phenoxy) is 3. The van der Waals surface area contributed by atoms with E-state index in [9.17, 15) is 9.59 Å². The number of rotatable bonds is 8. The van der Waals surface area contributed by atoms with E-state index in [4.69, 9.17) is 25.8 Å². The number of hydrazone groups is 1. The third-order valence-electron chi connectivity index (χ3n) is 4.28. The monoisotopic (exact) mass is 452 g/mol. The van der Waals surface area contributed by atoms with Gasteiger partial charge in [-0.25, -0.2) is 10.2 Å². The van der Waals surface area contributed by atoms with Gasteiger partial charge in [0.25, 0.3) is 5.91 Å². The van der Waals surface area contributed by atoms with E-state index in [-0.39, 0.29) is 11.7 Å². The molecule has 0 aliphatic carbocycles. The number of nitrogens with one attached hydrogen (secondary N) is 1. The Bertz CT molecular complexity index is 1110. The maximum absolute atomic E-state index is 12.4. The van der Waals surface area contributed by atoms with E-state index in [1.165, 1.54) is 13.3 Å². The number of benzene rings is 3. The van der Waals surface area contributed by atoms with Crippen molar-refractivity contribution in [1.29, 1.82) is 0 Å². The minimum Gasteiger partial charge on any atom is -0.494 e. The molecular weight excluding hydrogens is 432 g/mol. The standard InChI is InChI=1S/C24H21ClN2O5/c1-3-31-20-11-7-18(8-12-20)24(29)32-21-13-4-16(14-22(21)30-2)15-26-27-23(28)17-5-9-19(25)10-6-17/h4-15H,3H2,1-2H3,(H,27,28). The molecule has 0 bridgehead atoms. The zero-order valence-electron chi connectivity index (χ0n) is 17.5. The first kappa shape index (κ1) is 22.8. The second-order valence-electron chi connectivity index (χ2n) is 6.46. The Morgan fingerprint density at radius 3 is 2.31 bits per heavy atom. The molecule has 3 aromatic carbocycles. The highest BCUT2D eigenvalue weighted by atomic mass is 35.5. The van der Waals surface area contributed by atoms with Crippen molar-refractivity contribution in [2.75, 3.05) is 13.7 Å². The Balaban J connectivity index is 1.64. The number of hydrogen-bond donors (Lipinski definition) is 1. The second-order valence-corrected chi connectivity index (χ2v) is 6.90. The molecule has 0 aromatic heterocycles. The van der Waals surface area contributed by atoms with Crippen LogP contribution in [0.4, 0.5) is 0 Å². The first-order valence-corrected chi connectivity index (χ1v) is 10.1. The van der Waals surface area contributed by atoms with Crippen LogP contribution in [0.15, 0.2) is 71.8 Å². The van der Waals surface area contributed by atoms with Gasteiger partial charge in [0.15, 0.2) is 11.5 Å². The van der Waals surface area contributed by atoms with Gasteiger partial charge in [0.2, 0.25) is 0 Å². The van der Waals surface area contributed by atoms with Crippen molar-refractivity contribution in [2.45, 2.75) is 6.92 Å². The van der Waals surface area contributed by atoms with Crippen molar-refractivity contribution in [1.82, 2.24) is 5.43 Å². The van der Waals surface area contributed by atoms with Crippen LogP contribution >= 0.6 is 11.6 Å². The van der Waals surface area contributed by atoms with E-state index in [1.54, 1.807) is 66.7 Å². The lowest BCUT2D eigenvalue weighted by Gasteiger charge is -2.10. The number of methoxy groups -OCH3 is 1. The third-order valence-corrected chi connectivity index (χ3v) is 4.53. The molecular formula is C24H21ClN2O5. The summed E-state index contributed by atoms with van der Waals surface area (Å²) >= 11 is 5.82. The third kappa shape index (κ3) is 6.09. The summed E-state index contributed by atoms with van der Waals surface area (Å²) in [6.07, 6.45) is 1.45. The molecule has 0 atom stereocenters. The van der Waals surface area contributed by atoms with E-state index in [2.05, 4.69) is 10.5 Å². The van der Waals surface area contributed by atoms with Gasteiger partial charge in [-0.05, 0) is 79.2 Å². The van der Waals surface area contributed by atoms with Crippen LogP contribution in [0.25, 0.3) is 0 Å². The summed E-state index contributed by atoms with van der Waals surface area (Å²) in [4.78, 5) is 24.5. The number of halogens is 1. The zero-order valence-corrected chi connectivity index (χ0v) is 18.3. The quantitative estimate of drug-likeness (QED) is 0.231. The van der Waals surface area contributed by atoms with E-state index >= 15 is 0 Å². The average Bonchev–Trinajstić information content (AvgIpc) is 2.81. The second kappa shape index (κ2) is 11.0. The van der Waals surface area contributed by atoms with Crippen molar-refractivity contribution >= 4 is 29.7 Å². The SMILES string of the molecule is CCOc1ccc(C(=O)Oc2ccc(C=NNC(=O)c3ccc(Cl)cc3)cc2OC)cc1. The van der Waals surface area contributed by atoms with Crippen LogP contribution in [-0.4, -0.2) is 31.8 Å². The Morgan fingerprint density at radius 2 is 1.66 bits per heavy atom. The fourth-order valence-corrected chi connectivity index (χ4v) is 2.82. The van der Waals surface area contributed by atoms with Gasteiger partial charge in [-0.3, -0.25) is 4.79 Å². The molecule has 0 unspecified atom stereocenters. The van der Waals surface area contributed by atoms with E-state index in [0.717, 1.165) is 0 Å². The molecule has 32 heavy (non-hydrogen) atoms. The molecule has 0 radical (unpaired) electrons. The van der Waals surface area contributed by atoms with Gasteiger partial charge in [-0.15, -0.1) is 0 Å². The lowest BCUT2D eigenvalue weighted by atomic mass is 10.2. The number of amides is 1. The summed E-state index contributed by atoms with van der Waals surface area (Å²) in [6, 6.07) is 18.0. The maximum Gasteiger partial charge on any atom is 0.343 e. The lowest BCUT2D eigenvalue weighted by Crippen LogP contribution is -2.17. The summed E-state index contributed by atoms with van der Waals surface area (Å²) in [5.74, 6) is 0.383. The Hall–Kier alpha value is -3.84. The van der Waals surface area contributed by atoms with Crippen LogP contribution in [0, 0.1) is 0 Å². The van der Waals surface area contributed by atoms with E-state index in [0.29, 0.717) is 39.8 Å². The van der Waals surface area contributed by atoms with Crippen LogP contribution in [0.2, 0.25) is 5.02 Å². The fourth-order valence-electron chi connectivity index (χ4n) is 2.69. The Morgan fingerprint density at radius 1 is 0.969 bits per heavy atom. The van der Waals surface area contributed by atoms with Crippen molar-refractivity contribution in [3.8, 4) is 17.2 Å². The predicted octanol–water partition coefficient (Wildman–Crippen LogP) is 4.73. The summed E-state index contributed by atoms with van der Waals surface area (Å²) in [6.45, 7) is 2.43. The molecule has 0 fully saturated rings. The summed E-state index contributed by atoms with van der Waals surface area (Å²) in [5.41, 5.74) is 3.89. The largest absolute Gasteiger partial charge is 0.494 e. The Kier molecular flexibility index (Phi) is 7.83. The minimum absolute atomic E-state index is 0.258. The number of nitrogens with zero attached hydrogens (tertiary/aromatic N) is 1. The molecule has 0 aliphatic heterocycles. The molecule has 8 heteroatoms. The molecule has 164 valence electrons. The Labute approximate surface area is 190 Å². The predicted molar refractivity (Wildman–Crippen MR) is 122 cm³/mol. The van der Waals surface area contributed by atoms with Crippen molar-refractivity contribution in [3.63, 3.8) is 0 Å². The summed E-state index contributed by atoms with van der Waals surface area (Å²) in [5, 5.41) is 4.49. The van der Waals surface area contributed by atoms with Crippen molar-refractivity contribution in [2.24, 2.45) is 5.10 Å². The minimum atomic E-state index is -0.525. The first-order valence-electron chi connectivity index (χ1n) is 9.72. The number of carbonyl (C=O) groups excluding carboxylic acids is 2. The molecule has 0 saturated heterocycles. The highest BCUT2D eigenvalue weighted by Crippen LogP contribution is 2.28. The number of hydrogen-bond acceptors (Lipinski definition) is 6. The molecule has 7 nitrogen and oxygen atoms in total.